The van der Waals surface area contributed by atoms with E-state index in [1.807, 2.05) is 38.1 Å². The van der Waals surface area contributed by atoms with Crippen LogP contribution in [0.3, 0.4) is 0 Å². The van der Waals surface area contributed by atoms with Gasteiger partial charge in [0.25, 0.3) is 0 Å². The Balaban J connectivity index is 2.41. The minimum Gasteiger partial charge on any atom is -0.508 e. The van der Waals surface area contributed by atoms with Crippen molar-refractivity contribution in [2.24, 2.45) is 5.73 Å². The van der Waals surface area contributed by atoms with E-state index in [1.165, 1.54) is 0 Å². The van der Waals surface area contributed by atoms with Crippen LogP contribution in [0.2, 0.25) is 0 Å². The minimum atomic E-state index is 0.0721. The van der Waals surface area contributed by atoms with Crippen molar-refractivity contribution in [2.75, 3.05) is 0 Å². The third-order valence-corrected chi connectivity index (χ3v) is 3.53. The maximum absolute atomic E-state index is 9.66. The Morgan fingerprint density at radius 1 is 1.00 bits per heavy atom. The van der Waals surface area contributed by atoms with Crippen LogP contribution in [0, 0.1) is 6.92 Å². The average molecular weight is 271 g/mol. The van der Waals surface area contributed by atoms with Gasteiger partial charge in [-0.15, -0.1) is 0 Å². The predicted molar refractivity (Wildman–Crippen MR) is 81.1 cm³/mol. The Kier molecular flexibility index (Phi) is 4.30. The zero-order valence-electron chi connectivity index (χ0n) is 11.9. The van der Waals surface area contributed by atoms with Gasteiger partial charge in [-0.3, -0.25) is 0 Å². The molecule has 2 aromatic carbocycles. The second-order valence-electron chi connectivity index (χ2n) is 5.40. The molecule has 2 atom stereocenters. The minimum absolute atomic E-state index is 0.0721. The number of aryl methyl sites for hydroxylation is 1. The van der Waals surface area contributed by atoms with Crippen molar-refractivity contribution in [1.82, 2.24) is 0 Å². The van der Waals surface area contributed by atoms with Crippen molar-refractivity contribution < 1.29 is 10.2 Å². The molecule has 3 heteroatoms. The van der Waals surface area contributed by atoms with E-state index < -0.39 is 0 Å². The summed E-state index contributed by atoms with van der Waals surface area (Å²) in [6, 6.07) is 12.9. The third kappa shape index (κ3) is 3.31. The van der Waals surface area contributed by atoms with Gasteiger partial charge in [0.2, 0.25) is 0 Å². The lowest BCUT2D eigenvalue weighted by Crippen LogP contribution is -2.19. The summed E-state index contributed by atoms with van der Waals surface area (Å²) in [5, 5.41) is 19.1. The van der Waals surface area contributed by atoms with E-state index in [0.717, 1.165) is 23.1 Å². The molecule has 0 spiro atoms. The summed E-state index contributed by atoms with van der Waals surface area (Å²) in [6.07, 6.45) is 0.814. The van der Waals surface area contributed by atoms with Crippen molar-refractivity contribution in [2.45, 2.75) is 32.2 Å². The molecule has 0 aliphatic carbocycles. The van der Waals surface area contributed by atoms with Gasteiger partial charge in [0.1, 0.15) is 11.5 Å². The highest BCUT2D eigenvalue weighted by atomic mass is 16.3. The first-order valence-electron chi connectivity index (χ1n) is 6.81. The quantitative estimate of drug-likeness (QED) is 0.799. The molecule has 0 aliphatic heterocycles. The molecule has 2 rings (SSSR count). The Morgan fingerprint density at radius 2 is 1.60 bits per heavy atom. The standard InChI is InChI=1S/C17H21NO2/c1-11-9-14(5-8-17(11)20)16(10-12(2)18)13-3-6-15(19)7-4-13/h3-9,12,16,19-20H,10,18H2,1-2H3. The SMILES string of the molecule is Cc1cc(C(CC(C)N)c2ccc(O)cc2)ccc1O. The van der Waals surface area contributed by atoms with Gasteiger partial charge < -0.3 is 15.9 Å². The molecular formula is C17H21NO2. The molecule has 3 nitrogen and oxygen atoms in total. The van der Waals surface area contributed by atoms with Gasteiger partial charge in [-0.05, 0) is 55.2 Å². The Bertz CT molecular complexity index is 576. The highest BCUT2D eigenvalue weighted by Crippen LogP contribution is 2.32. The molecule has 0 bridgehead atoms. The number of hydrogen-bond acceptors (Lipinski definition) is 3. The molecule has 0 heterocycles. The van der Waals surface area contributed by atoms with Crippen LogP contribution in [-0.2, 0) is 0 Å². The first-order valence-corrected chi connectivity index (χ1v) is 6.81. The van der Waals surface area contributed by atoms with E-state index in [0.29, 0.717) is 5.75 Å². The zero-order valence-corrected chi connectivity index (χ0v) is 11.9. The Labute approximate surface area is 119 Å². The van der Waals surface area contributed by atoms with Gasteiger partial charge in [0.05, 0.1) is 0 Å². The lowest BCUT2D eigenvalue weighted by Gasteiger charge is -2.21. The highest BCUT2D eigenvalue weighted by molar-refractivity contribution is 5.41. The molecule has 0 saturated heterocycles. The normalized spacial score (nSPS) is 13.9. The molecule has 2 unspecified atom stereocenters. The fourth-order valence-electron chi connectivity index (χ4n) is 2.44. The van der Waals surface area contributed by atoms with E-state index in [4.69, 9.17) is 5.73 Å². The van der Waals surface area contributed by atoms with Crippen LogP contribution in [0.5, 0.6) is 11.5 Å². The molecular weight excluding hydrogens is 250 g/mol. The molecule has 0 fully saturated rings. The van der Waals surface area contributed by atoms with E-state index in [-0.39, 0.29) is 17.7 Å². The smallest absolute Gasteiger partial charge is 0.118 e. The summed E-state index contributed by atoms with van der Waals surface area (Å²) in [4.78, 5) is 0. The second-order valence-corrected chi connectivity index (χ2v) is 5.40. The van der Waals surface area contributed by atoms with Gasteiger partial charge in [-0.25, -0.2) is 0 Å². The number of benzene rings is 2. The largest absolute Gasteiger partial charge is 0.508 e. The fourth-order valence-corrected chi connectivity index (χ4v) is 2.44. The molecule has 0 saturated carbocycles. The van der Waals surface area contributed by atoms with Gasteiger partial charge in [-0.1, -0.05) is 24.3 Å². The summed E-state index contributed by atoms with van der Waals surface area (Å²) in [5.74, 6) is 0.726. The van der Waals surface area contributed by atoms with Gasteiger partial charge in [0.15, 0.2) is 0 Å². The predicted octanol–water partition coefficient (Wildman–Crippen LogP) is 3.28. The molecule has 0 radical (unpaired) electrons. The van der Waals surface area contributed by atoms with Crippen molar-refractivity contribution in [1.29, 1.82) is 0 Å². The Hall–Kier alpha value is -2.00. The zero-order chi connectivity index (χ0) is 14.7. The number of phenols is 2. The molecule has 0 aromatic heterocycles. The number of hydrogen-bond donors (Lipinski definition) is 3. The van der Waals surface area contributed by atoms with E-state index in [2.05, 4.69) is 0 Å². The van der Waals surface area contributed by atoms with E-state index >= 15 is 0 Å². The number of aromatic hydroxyl groups is 2. The highest BCUT2D eigenvalue weighted by Gasteiger charge is 2.17. The van der Waals surface area contributed by atoms with Crippen molar-refractivity contribution in [3.63, 3.8) is 0 Å². The molecule has 4 N–H and O–H groups in total. The lowest BCUT2D eigenvalue weighted by atomic mass is 9.85. The summed E-state index contributed by atoms with van der Waals surface area (Å²) < 4.78 is 0. The first kappa shape index (κ1) is 14.4. The number of rotatable bonds is 4. The number of nitrogens with two attached hydrogens (primary N) is 1. The average Bonchev–Trinajstić information content (AvgIpc) is 2.40. The van der Waals surface area contributed by atoms with Crippen LogP contribution >= 0.6 is 0 Å². The third-order valence-electron chi connectivity index (χ3n) is 3.53. The monoisotopic (exact) mass is 271 g/mol. The lowest BCUT2D eigenvalue weighted by molar-refractivity contribution is 0.470. The fraction of sp³-hybridized carbons (Fsp3) is 0.294. The topological polar surface area (TPSA) is 66.5 Å². The summed E-state index contributed by atoms with van der Waals surface area (Å²) in [6.45, 7) is 3.87. The van der Waals surface area contributed by atoms with Crippen LogP contribution < -0.4 is 5.73 Å². The van der Waals surface area contributed by atoms with Gasteiger partial charge in [-0.2, -0.15) is 0 Å². The van der Waals surface area contributed by atoms with Crippen molar-refractivity contribution in [3.05, 3.63) is 59.2 Å². The summed E-state index contributed by atoms with van der Waals surface area (Å²) in [5.41, 5.74) is 9.07. The molecule has 0 amide bonds. The van der Waals surface area contributed by atoms with Crippen molar-refractivity contribution in [3.8, 4) is 11.5 Å². The van der Waals surface area contributed by atoms with Crippen molar-refractivity contribution >= 4 is 0 Å². The summed E-state index contributed by atoms with van der Waals surface area (Å²) >= 11 is 0. The molecule has 2 aromatic rings. The number of phenolic OH excluding ortho intramolecular Hbond substituents is 2. The second kappa shape index (κ2) is 5.97. The molecule has 20 heavy (non-hydrogen) atoms. The van der Waals surface area contributed by atoms with Crippen LogP contribution in [-0.4, -0.2) is 16.3 Å². The molecule has 0 aliphatic rings. The maximum atomic E-state index is 9.66. The van der Waals surface area contributed by atoms with Gasteiger partial charge >= 0.3 is 0 Å². The maximum Gasteiger partial charge on any atom is 0.118 e. The first-order chi connectivity index (χ1) is 9.47. The van der Waals surface area contributed by atoms with Crippen LogP contribution in [0.4, 0.5) is 0 Å². The molecule has 106 valence electrons. The van der Waals surface area contributed by atoms with E-state index in [1.54, 1.807) is 18.2 Å². The summed E-state index contributed by atoms with van der Waals surface area (Å²) in [7, 11) is 0. The van der Waals surface area contributed by atoms with Crippen LogP contribution in [0.1, 0.15) is 36.0 Å². The Morgan fingerprint density at radius 3 is 2.15 bits per heavy atom. The van der Waals surface area contributed by atoms with Crippen LogP contribution in [0.25, 0.3) is 0 Å². The van der Waals surface area contributed by atoms with E-state index in [9.17, 15) is 10.2 Å². The van der Waals surface area contributed by atoms with Gasteiger partial charge in [0, 0.05) is 12.0 Å². The van der Waals surface area contributed by atoms with Crippen LogP contribution in [0.15, 0.2) is 42.5 Å².